The van der Waals surface area contributed by atoms with Gasteiger partial charge in [-0.15, -0.1) is 6.58 Å². The van der Waals surface area contributed by atoms with E-state index in [4.69, 9.17) is 0 Å². The van der Waals surface area contributed by atoms with Crippen LogP contribution >= 0.6 is 0 Å². The minimum absolute atomic E-state index is 0.428. The molecule has 0 saturated carbocycles. The molecule has 1 fully saturated rings. The first-order valence-corrected chi connectivity index (χ1v) is 4.18. The molecule has 2 heteroatoms. The zero-order chi connectivity index (χ0) is 8.32. The Balaban J connectivity index is 2.35. The number of aliphatic hydroxyl groups is 1. The third-order valence-corrected chi connectivity index (χ3v) is 2.34. The first kappa shape index (κ1) is 8.75. The van der Waals surface area contributed by atoms with Crippen LogP contribution < -0.4 is 0 Å². The van der Waals surface area contributed by atoms with Gasteiger partial charge in [0.2, 0.25) is 0 Å². The molecule has 0 aromatic heterocycles. The van der Waals surface area contributed by atoms with Gasteiger partial charge in [0.05, 0.1) is 5.60 Å². The Morgan fingerprint density at radius 3 is 2.91 bits per heavy atom. The van der Waals surface area contributed by atoms with Gasteiger partial charge in [-0.05, 0) is 26.3 Å². The van der Waals surface area contributed by atoms with Crippen LogP contribution in [0.1, 0.15) is 19.3 Å². The summed E-state index contributed by atoms with van der Waals surface area (Å²) >= 11 is 0. The highest BCUT2D eigenvalue weighted by Gasteiger charge is 2.32. The summed E-state index contributed by atoms with van der Waals surface area (Å²) in [7, 11) is 2.05. The molecule has 0 amide bonds. The van der Waals surface area contributed by atoms with Crippen LogP contribution in [0.2, 0.25) is 0 Å². The van der Waals surface area contributed by atoms with E-state index >= 15 is 0 Å². The molecule has 1 unspecified atom stereocenters. The van der Waals surface area contributed by atoms with Crippen LogP contribution in [-0.2, 0) is 0 Å². The summed E-state index contributed by atoms with van der Waals surface area (Å²) in [6, 6.07) is 0. The van der Waals surface area contributed by atoms with Gasteiger partial charge in [-0.2, -0.15) is 0 Å². The fourth-order valence-corrected chi connectivity index (χ4v) is 1.63. The Kier molecular flexibility index (Phi) is 2.68. The predicted octanol–water partition coefficient (Wildman–Crippen LogP) is 1.02. The van der Waals surface area contributed by atoms with Crippen molar-refractivity contribution >= 4 is 0 Å². The fraction of sp³-hybridized carbons (Fsp3) is 0.778. The van der Waals surface area contributed by atoms with Crippen LogP contribution in [0.5, 0.6) is 0 Å². The van der Waals surface area contributed by atoms with E-state index in [1.54, 1.807) is 0 Å². The van der Waals surface area contributed by atoms with Gasteiger partial charge >= 0.3 is 0 Å². The zero-order valence-corrected chi connectivity index (χ0v) is 7.21. The molecule has 0 radical (unpaired) electrons. The lowest BCUT2D eigenvalue weighted by atomic mass is 9.97. The van der Waals surface area contributed by atoms with Crippen molar-refractivity contribution in [2.45, 2.75) is 24.9 Å². The zero-order valence-electron chi connectivity index (χ0n) is 7.21. The van der Waals surface area contributed by atoms with Gasteiger partial charge in [0.15, 0.2) is 0 Å². The first-order valence-electron chi connectivity index (χ1n) is 4.18. The standard InChI is InChI=1S/C9H17NO/c1-3-4-5-9(11)6-7-10(2)8-9/h3,11H,1,4-8H2,2H3. The van der Waals surface area contributed by atoms with Crippen molar-refractivity contribution in [2.24, 2.45) is 0 Å². The van der Waals surface area contributed by atoms with E-state index < -0.39 is 5.60 Å². The average molecular weight is 155 g/mol. The third-order valence-electron chi connectivity index (χ3n) is 2.34. The minimum Gasteiger partial charge on any atom is -0.388 e. The highest BCUT2D eigenvalue weighted by atomic mass is 16.3. The Bertz CT molecular complexity index is 146. The average Bonchev–Trinajstić information content (AvgIpc) is 2.28. The lowest BCUT2D eigenvalue weighted by molar-refractivity contribution is 0.0441. The number of β-amino-alcohol motifs (C(OH)–C–C–N with tert-alkyl or cyclic N) is 1. The highest BCUT2D eigenvalue weighted by Crippen LogP contribution is 2.24. The van der Waals surface area contributed by atoms with Crippen LogP contribution in [0.4, 0.5) is 0 Å². The lowest BCUT2D eigenvalue weighted by Crippen LogP contribution is -2.31. The van der Waals surface area contributed by atoms with E-state index in [1.807, 2.05) is 13.1 Å². The molecule has 0 spiro atoms. The van der Waals surface area contributed by atoms with Gasteiger partial charge in [0, 0.05) is 13.1 Å². The number of rotatable bonds is 3. The predicted molar refractivity (Wildman–Crippen MR) is 46.5 cm³/mol. The maximum absolute atomic E-state index is 9.90. The van der Waals surface area contributed by atoms with E-state index in [9.17, 15) is 5.11 Å². The van der Waals surface area contributed by atoms with Crippen molar-refractivity contribution in [2.75, 3.05) is 20.1 Å². The van der Waals surface area contributed by atoms with Gasteiger partial charge in [0.25, 0.3) is 0 Å². The molecule has 1 rings (SSSR count). The van der Waals surface area contributed by atoms with Crippen LogP contribution in [0.15, 0.2) is 12.7 Å². The van der Waals surface area contributed by atoms with Crippen molar-refractivity contribution in [3.63, 3.8) is 0 Å². The van der Waals surface area contributed by atoms with E-state index in [-0.39, 0.29) is 0 Å². The monoisotopic (exact) mass is 155 g/mol. The van der Waals surface area contributed by atoms with Crippen molar-refractivity contribution in [3.05, 3.63) is 12.7 Å². The quantitative estimate of drug-likeness (QED) is 0.615. The second kappa shape index (κ2) is 3.37. The summed E-state index contributed by atoms with van der Waals surface area (Å²) in [6.45, 7) is 5.49. The van der Waals surface area contributed by atoms with Crippen LogP contribution in [-0.4, -0.2) is 35.7 Å². The maximum atomic E-state index is 9.90. The summed E-state index contributed by atoms with van der Waals surface area (Å²) in [5.41, 5.74) is -0.428. The second-order valence-corrected chi connectivity index (χ2v) is 3.54. The molecule has 64 valence electrons. The minimum atomic E-state index is -0.428. The molecule has 0 aliphatic carbocycles. The van der Waals surface area contributed by atoms with E-state index in [1.165, 1.54) is 0 Å². The van der Waals surface area contributed by atoms with Crippen molar-refractivity contribution in [3.8, 4) is 0 Å². The molecule has 1 heterocycles. The molecule has 1 saturated heterocycles. The fourth-order valence-electron chi connectivity index (χ4n) is 1.63. The summed E-state index contributed by atoms with van der Waals surface area (Å²) < 4.78 is 0. The van der Waals surface area contributed by atoms with Crippen molar-refractivity contribution in [1.29, 1.82) is 0 Å². The topological polar surface area (TPSA) is 23.5 Å². The molecule has 11 heavy (non-hydrogen) atoms. The van der Waals surface area contributed by atoms with E-state index in [0.717, 1.165) is 32.4 Å². The smallest absolute Gasteiger partial charge is 0.0789 e. The number of likely N-dealkylation sites (tertiary alicyclic amines) is 1. The van der Waals surface area contributed by atoms with Gasteiger partial charge in [-0.25, -0.2) is 0 Å². The molecule has 2 nitrogen and oxygen atoms in total. The molecule has 1 atom stereocenters. The van der Waals surface area contributed by atoms with E-state index in [2.05, 4.69) is 11.5 Å². The highest BCUT2D eigenvalue weighted by molar-refractivity contribution is 4.90. The van der Waals surface area contributed by atoms with Crippen LogP contribution in [0, 0.1) is 0 Å². The molecule has 1 aliphatic heterocycles. The Hall–Kier alpha value is -0.340. The van der Waals surface area contributed by atoms with Crippen LogP contribution in [0.3, 0.4) is 0 Å². The summed E-state index contributed by atoms with van der Waals surface area (Å²) in [4.78, 5) is 2.17. The third kappa shape index (κ3) is 2.31. The van der Waals surface area contributed by atoms with E-state index in [0.29, 0.717) is 0 Å². The largest absolute Gasteiger partial charge is 0.388 e. The van der Waals surface area contributed by atoms with Crippen LogP contribution in [0.25, 0.3) is 0 Å². The van der Waals surface area contributed by atoms with Gasteiger partial charge in [-0.1, -0.05) is 6.08 Å². The number of likely N-dealkylation sites (N-methyl/N-ethyl adjacent to an activating group) is 1. The second-order valence-electron chi connectivity index (χ2n) is 3.54. The maximum Gasteiger partial charge on any atom is 0.0789 e. The number of hydrogen-bond donors (Lipinski definition) is 1. The lowest BCUT2D eigenvalue weighted by Gasteiger charge is -2.21. The number of nitrogens with zero attached hydrogens (tertiary/aromatic N) is 1. The molecular formula is C9H17NO. The normalized spacial score (nSPS) is 32.5. The molecule has 0 aromatic rings. The van der Waals surface area contributed by atoms with Gasteiger partial charge < -0.3 is 10.0 Å². The Morgan fingerprint density at radius 1 is 1.73 bits per heavy atom. The summed E-state index contributed by atoms with van der Waals surface area (Å²) in [6.07, 6.45) is 4.57. The SMILES string of the molecule is C=CCCC1(O)CCN(C)C1. The van der Waals surface area contributed by atoms with Crippen molar-refractivity contribution in [1.82, 2.24) is 4.90 Å². The molecule has 0 aromatic carbocycles. The van der Waals surface area contributed by atoms with Crippen molar-refractivity contribution < 1.29 is 5.11 Å². The molecule has 1 aliphatic rings. The van der Waals surface area contributed by atoms with Gasteiger partial charge in [0.1, 0.15) is 0 Å². The Labute approximate surface area is 68.5 Å². The molecule has 1 N–H and O–H groups in total. The van der Waals surface area contributed by atoms with Gasteiger partial charge in [-0.3, -0.25) is 0 Å². The Morgan fingerprint density at radius 2 is 2.45 bits per heavy atom. The molecule has 0 bridgehead atoms. The number of hydrogen-bond acceptors (Lipinski definition) is 2. The summed E-state index contributed by atoms with van der Waals surface area (Å²) in [5.74, 6) is 0. The number of allylic oxidation sites excluding steroid dienone is 1. The first-order chi connectivity index (χ1) is 5.16. The summed E-state index contributed by atoms with van der Waals surface area (Å²) in [5, 5.41) is 9.90. The molecular weight excluding hydrogens is 138 g/mol.